The molecule has 0 saturated carbocycles. The van der Waals surface area contributed by atoms with Crippen LogP contribution in [0.4, 0.5) is 0 Å². The molecule has 47 heavy (non-hydrogen) atoms. The van der Waals surface area contributed by atoms with Crippen LogP contribution in [-0.2, 0) is 13.0 Å². The first kappa shape index (κ1) is 29.7. The summed E-state index contributed by atoms with van der Waals surface area (Å²) in [6.45, 7) is 2.88. The zero-order chi connectivity index (χ0) is 31.9. The minimum absolute atomic E-state index is 0.0404. The number of aryl methyl sites for hydroxylation is 1. The molecule has 7 heteroatoms. The van der Waals surface area contributed by atoms with E-state index in [9.17, 15) is 4.79 Å². The van der Waals surface area contributed by atoms with E-state index in [4.69, 9.17) is 14.5 Å². The summed E-state index contributed by atoms with van der Waals surface area (Å²) in [5.74, 6) is 1.31. The normalized spacial score (nSPS) is 15.5. The third-order valence-corrected chi connectivity index (χ3v) is 10.4. The number of hydrogen-bond donors (Lipinski definition) is 0. The Bertz CT molecular complexity index is 2370. The topological polar surface area (TPSA) is 52.8 Å². The smallest absolute Gasteiger partial charge is 0.271 e. The number of thiazole rings is 1. The number of benzene rings is 5. The maximum Gasteiger partial charge on any atom is 0.271 e. The molecular weight excluding hydrogens is 668 g/mol. The molecule has 5 aromatic carbocycles. The maximum atomic E-state index is 14.2. The first-order chi connectivity index (χ1) is 23.1. The highest BCUT2D eigenvalue weighted by molar-refractivity contribution is 9.10. The number of aromatic nitrogens is 1. The fraction of sp³-hybridized carbons (Fsp3) is 0.150. The van der Waals surface area contributed by atoms with E-state index >= 15 is 0 Å². The molecule has 0 unspecified atom stereocenters. The van der Waals surface area contributed by atoms with E-state index in [0.29, 0.717) is 34.0 Å². The number of fused-ring (bicyclic) bond motifs is 4. The second-order valence-corrected chi connectivity index (χ2v) is 13.7. The van der Waals surface area contributed by atoms with Gasteiger partial charge in [-0.2, -0.15) is 0 Å². The molecule has 0 N–H and O–H groups in total. The van der Waals surface area contributed by atoms with Crippen LogP contribution in [-0.4, -0.2) is 11.2 Å². The summed E-state index contributed by atoms with van der Waals surface area (Å²) in [7, 11) is 0. The third-order valence-electron chi connectivity index (χ3n) is 8.89. The lowest BCUT2D eigenvalue weighted by molar-refractivity contribution is 0.270. The molecule has 5 nitrogen and oxygen atoms in total. The molecule has 0 fully saturated rings. The van der Waals surface area contributed by atoms with Gasteiger partial charge in [0.15, 0.2) is 16.3 Å². The Kier molecular flexibility index (Phi) is 7.87. The molecule has 1 aromatic heterocycles. The Morgan fingerprint density at radius 1 is 0.894 bits per heavy atom. The Balaban J connectivity index is 1.19. The van der Waals surface area contributed by atoms with Crippen LogP contribution in [0.25, 0.3) is 22.5 Å². The van der Waals surface area contributed by atoms with E-state index < -0.39 is 0 Å². The standard InChI is InChI=1S/C40H31BrN2O3S/c1-2-45-35-22-25(14-21-34(35)46-24-29-11-7-10-26-8-3-5-12-31(26)29)23-36-39(44)43-38(28-15-18-30(41)19-16-28)33-20-17-27-9-4-6-13-32(27)37(33)42-40(43)47-36/h3-16,18-19,21-23,38H,2,17,20,24H2,1H3/b36-23-/t38-/m0/s1. The summed E-state index contributed by atoms with van der Waals surface area (Å²) in [4.78, 5) is 20.1. The van der Waals surface area contributed by atoms with Gasteiger partial charge in [-0.25, -0.2) is 4.99 Å². The molecule has 0 bridgehead atoms. The van der Waals surface area contributed by atoms with Crippen molar-refractivity contribution >= 4 is 49.8 Å². The number of allylic oxidation sites excluding steroid dienone is 1. The molecule has 6 aromatic rings. The molecule has 8 rings (SSSR count). The van der Waals surface area contributed by atoms with Crippen molar-refractivity contribution in [1.82, 2.24) is 4.57 Å². The van der Waals surface area contributed by atoms with Crippen molar-refractivity contribution in [1.29, 1.82) is 0 Å². The van der Waals surface area contributed by atoms with Crippen LogP contribution in [0.5, 0.6) is 11.5 Å². The quantitative estimate of drug-likeness (QED) is 0.169. The van der Waals surface area contributed by atoms with Crippen molar-refractivity contribution in [3.8, 4) is 11.5 Å². The van der Waals surface area contributed by atoms with Gasteiger partial charge in [0.05, 0.1) is 22.9 Å². The molecule has 1 aliphatic heterocycles. The van der Waals surface area contributed by atoms with Crippen LogP contribution in [0.15, 0.2) is 129 Å². The molecule has 1 aliphatic carbocycles. The summed E-state index contributed by atoms with van der Waals surface area (Å²) in [6, 6.07) is 37.0. The first-order valence-corrected chi connectivity index (χ1v) is 17.4. The van der Waals surface area contributed by atoms with Crippen molar-refractivity contribution in [2.24, 2.45) is 4.99 Å². The minimum atomic E-state index is -0.214. The lowest BCUT2D eigenvalue weighted by atomic mass is 9.83. The van der Waals surface area contributed by atoms with Crippen molar-refractivity contribution in [2.75, 3.05) is 6.61 Å². The van der Waals surface area contributed by atoms with Gasteiger partial charge in [-0.1, -0.05) is 112 Å². The van der Waals surface area contributed by atoms with Crippen LogP contribution in [0.2, 0.25) is 0 Å². The predicted molar refractivity (Wildman–Crippen MR) is 193 cm³/mol. The van der Waals surface area contributed by atoms with E-state index in [2.05, 4.69) is 82.7 Å². The Morgan fingerprint density at radius 2 is 1.70 bits per heavy atom. The molecule has 1 atom stereocenters. The Morgan fingerprint density at radius 3 is 2.57 bits per heavy atom. The summed E-state index contributed by atoms with van der Waals surface area (Å²) in [6.07, 6.45) is 3.73. The zero-order valence-corrected chi connectivity index (χ0v) is 28.2. The van der Waals surface area contributed by atoms with Gasteiger partial charge in [0, 0.05) is 10.0 Å². The third kappa shape index (κ3) is 5.53. The highest BCUT2D eigenvalue weighted by Gasteiger charge is 2.32. The van der Waals surface area contributed by atoms with Crippen LogP contribution < -0.4 is 24.4 Å². The summed E-state index contributed by atoms with van der Waals surface area (Å²) < 4.78 is 15.9. The number of rotatable bonds is 7. The van der Waals surface area contributed by atoms with Crippen molar-refractivity contribution in [3.63, 3.8) is 0 Å². The molecule has 0 radical (unpaired) electrons. The second kappa shape index (κ2) is 12.5. The maximum absolute atomic E-state index is 14.2. The van der Waals surface area contributed by atoms with Gasteiger partial charge in [0.25, 0.3) is 5.56 Å². The highest BCUT2D eigenvalue weighted by atomic mass is 79.9. The van der Waals surface area contributed by atoms with Gasteiger partial charge in [-0.05, 0) is 88.7 Å². The van der Waals surface area contributed by atoms with Gasteiger partial charge >= 0.3 is 0 Å². The molecule has 0 saturated heterocycles. The number of halogens is 1. The Labute approximate surface area is 284 Å². The fourth-order valence-electron chi connectivity index (χ4n) is 6.69. The monoisotopic (exact) mass is 698 g/mol. The van der Waals surface area contributed by atoms with E-state index in [1.807, 2.05) is 60.0 Å². The summed E-state index contributed by atoms with van der Waals surface area (Å²) >= 11 is 5.01. The zero-order valence-electron chi connectivity index (χ0n) is 25.8. The van der Waals surface area contributed by atoms with E-state index in [-0.39, 0.29) is 11.6 Å². The molecule has 0 amide bonds. The van der Waals surface area contributed by atoms with Gasteiger partial charge in [-0.15, -0.1) is 0 Å². The molecule has 2 heterocycles. The molecule has 232 valence electrons. The summed E-state index contributed by atoms with van der Waals surface area (Å²) in [5.41, 5.74) is 7.67. The van der Waals surface area contributed by atoms with Crippen LogP contribution in [0, 0.1) is 0 Å². The van der Waals surface area contributed by atoms with Crippen LogP contribution >= 0.6 is 27.3 Å². The lowest BCUT2D eigenvalue weighted by Gasteiger charge is -2.30. The summed E-state index contributed by atoms with van der Waals surface area (Å²) in [5, 5.41) is 2.36. The highest BCUT2D eigenvalue weighted by Crippen LogP contribution is 2.41. The predicted octanol–water partition coefficient (Wildman–Crippen LogP) is 8.21. The van der Waals surface area contributed by atoms with Crippen LogP contribution in [0.3, 0.4) is 0 Å². The van der Waals surface area contributed by atoms with Crippen LogP contribution in [0.1, 0.15) is 47.2 Å². The lowest BCUT2D eigenvalue weighted by Crippen LogP contribution is -2.38. The average molecular weight is 700 g/mol. The van der Waals surface area contributed by atoms with Gasteiger partial charge < -0.3 is 9.47 Å². The van der Waals surface area contributed by atoms with Crippen molar-refractivity contribution < 1.29 is 9.47 Å². The van der Waals surface area contributed by atoms with E-state index in [1.54, 1.807) is 0 Å². The average Bonchev–Trinajstić information content (AvgIpc) is 3.41. The van der Waals surface area contributed by atoms with Gasteiger partial charge in [-0.3, -0.25) is 9.36 Å². The molecule has 0 spiro atoms. The number of ether oxygens (including phenoxy) is 2. The Hall–Kier alpha value is -4.72. The first-order valence-electron chi connectivity index (χ1n) is 15.8. The van der Waals surface area contributed by atoms with E-state index in [1.165, 1.54) is 33.2 Å². The SMILES string of the molecule is CCOc1cc(/C=c2\sc3n(c2=O)[C@@H](c2ccc(Br)cc2)C2=C(N=3)c3ccccc3CC2)ccc1OCc1cccc2ccccc12. The number of nitrogens with zero attached hydrogens (tertiary/aromatic N) is 2. The van der Waals surface area contributed by atoms with Crippen molar-refractivity contribution in [2.45, 2.75) is 32.4 Å². The fourth-order valence-corrected chi connectivity index (χ4v) is 7.96. The largest absolute Gasteiger partial charge is 0.490 e. The second-order valence-electron chi connectivity index (χ2n) is 11.7. The molecule has 2 aliphatic rings. The number of hydrogen-bond acceptors (Lipinski definition) is 5. The van der Waals surface area contributed by atoms with E-state index in [0.717, 1.165) is 45.3 Å². The van der Waals surface area contributed by atoms with Crippen molar-refractivity contribution in [3.05, 3.63) is 167 Å². The molecular formula is C40H31BrN2O3S. The van der Waals surface area contributed by atoms with Gasteiger partial charge in [0.2, 0.25) is 0 Å². The van der Waals surface area contributed by atoms with Gasteiger partial charge in [0.1, 0.15) is 6.61 Å². The minimum Gasteiger partial charge on any atom is -0.490 e.